The van der Waals surface area contributed by atoms with Gasteiger partial charge in [0.1, 0.15) is 5.75 Å². The lowest BCUT2D eigenvalue weighted by molar-refractivity contribution is 0.0240. The number of nitrogens with zero attached hydrogens (tertiary/aromatic N) is 4. The van der Waals surface area contributed by atoms with E-state index in [0.717, 1.165) is 31.6 Å². The van der Waals surface area contributed by atoms with Crippen molar-refractivity contribution in [1.82, 2.24) is 20.2 Å². The Labute approximate surface area is 123 Å². The molecule has 7 heteroatoms. The standard InChI is InChI=1S/C14H19N5O2/c1-14(5-7-21-8-6-14)19-13(16-17-18-19)10-3-4-12(20-2)11(15)9-10/h3-4,9H,5-8,15H2,1-2H3. The van der Waals surface area contributed by atoms with E-state index in [4.69, 9.17) is 15.2 Å². The van der Waals surface area contributed by atoms with Gasteiger partial charge in [-0.2, -0.15) is 0 Å². The van der Waals surface area contributed by atoms with E-state index in [-0.39, 0.29) is 5.54 Å². The van der Waals surface area contributed by atoms with Crippen LogP contribution in [0.3, 0.4) is 0 Å². The molecule has 0 unspecified atom stereocenters. The van der Waals surface area contributed by atoms with E-state index < -0.39 is 0 Å². The zero-order chi connectivity index (χ0) is 14.9. The summed E-state index contributed by atoms with van der Waals surface area (Å²) < 4.78 is 12.5. The zero-order valence-electron chi connectivity index (χ0n) is 12.2. The van der Waals surface area contributed by atoms with E-state index in [1.807, 2.05) is 22.9 Å². The number of hydrogen-bond acceptors (Lipinski definition) is 6. The number of hydrogen-bond donors (Lipinski definition) is 1. The van der Waals surface area contributed by atoms with Gasteiger partial charge in [0.15, 0.2) is 5.82 Å². The van der Waals surface area contributed by atoms with E-state index in [2.05, 4.69) is 22.4 Å². The highest BCUT2D eigenvalue weighted by Crippen LogP contribution is 2.33. The summed E-state index contributed by atoms with van der Waals surface area (Å²) >= 11 is 0. The van der Waals surface area contributed by atoms with Crippen molar-refractivity contribution in [1.29, 1.82) is 0 Å². The van der Waals surface area contributed by atoms with Crippen molar-refractivity contribution < 1.29 is 9.47 Å². The van der Waals surface area contributed by atoms with Crippen molar-refractivity contribution in [3.05, 3.63) is 18.2 Å². The van der Waals surface area contributed by atoms with Gasteiger partial charge in [0, 0.05) is 18.8 Å². The summed E-state index contributed by atoms with van der Waals surface area (Å²) in [7, 11) is 1.60. The molecular formula is C14H19N5O2. The number of nitrogen functional groups attached to an aromatic ring is 1. The molecule has 1 aromatic carbocycles. The largest absolute Gasteiger partial charge is 0.495 e. The molecule has 2 aromatic rings. The van der Waals surface area contributed by atoms with Crippen molar-refractivity contribution in [3.63, 3.8) is 0 Å². The maximum absolute atomic E-state index is 5.98. The van der Waals surface area contributed by atoms with E-state index >= 15 is 0 Å². The average molecular weight is 289 g/mol. The maximum atomic E-state index is 5.98. The summed E-state index contributed by atoms with van der Waals surface area (Å²) in [6.07, 6.45) is 1.77. The van der Waals surface area contributed by atoms with Crippen LogP contribution in [0.2, 0.25) is 0 Å². The number of ether oxygens (including phenoxy) is 2. The molecule has 1 aromatic heterocycles. The summed E-state index contributed by atoms with van der Waals surface area (Å²) in [6.45, 7) is 3.60. The summed E-state index contributed by atoms with van der Waals surface area (Å²) in [4.78, 5) is 0. The van der Waals surface area contributed by atoms with Crippen LogP contribution in [0.25, 0.3) is 11.4 Å². The topological polar surface area (TPSA) is 88.1 Å². The summed E-state index contributed by atoms with van der Waals surface area (Å²) in [5, 5.41) is 12.2. The number of tetrazole rings is 1. The Kier molecular flexibility index (Phi) is 3.50. The first-order valence-electron chi connectivity index (χ1n) is 6.94. The van der Waals surface area contributed by atoms with Gasteiger partial charge in [-0.3, -0.25) is 0 Å². The van der Waals surface area contributed by atoms with Crippen molar-refractivity contribution in [2.45, 2.75) is 25.3 Å². The predicted octanol–water partition coefficient (Wildman–Crippen LogP) is 1.46. The molecule has 0 spiro atoms. The number of methoxy groups -OCH3 is 1. The van der Waals surface area contributed by atoms with Crippen molar-refractivity contribution in [2.75, 3.05) is 26.1 Å². The molecule has 1 aliphatic rings. The van der Waals surface area contributed by atoms with Crippen LogP contribution in [0.1, 0.15) is 19.8 Å². The van der Waals surface area contributed by atoms with Crippen LogP contribution in [-0.2, 0) is 10.3 Å². The molecule has 0 bridgehead atoms. The molecule has 1 saturated heterocycles. The highest BCUT2D eigenvalue weighted by Gasteiger charge is 2.33. The first-order valence-corrected chi connectivity index (χ1v) is 6.94. The SMILES string of the molecule is COc1ccc(-c2nnnn2C2(C)CCOCC2)cc1N. The number of rotatable bonds is 3. The molecule has 2 N–H and O–H groups in total. The highest BCUT2D eigenvalue weighted by molar-refractivity contribution is 5.66. The third-order valence-corrected chi connectivity index (χ3v) is 4.04. The second kappa shape index (κ2) is 5.33. The lowest BCUT2D eigenvalue weighted by Gasteiger charge is -2.33. The van der Waals surface area contributed by atoms with Gasteiger partial charge in [-0.25, -0.2) is 4.68 Å². The molecule has 0 radical (unpaired) electrons. The van der Waals surface area contributed by atoms with E-state index in [0.29, 0.717) is 17.3 Å². The van der Waals surface area contributed by atoms with Crippen molar-refractivity contribution >= 4 is 5.69 Å². The molecule has 7 nitrogen and oxygen atoms in total. The number of nitrogens with two attached hydrogens (primary N) is 1. The Morgan fingerprint density at radius 3 is 2.76 bits per heavy atom. The Morgan fingerprint density at radius 2 is 2.10 bits per heavy atom. The highest BCUT2D eigenvalue weighted by atomic mass is 16.5. The first kappa shape index (κ1) is 13.8. The number of aromatic nitrogens is 4. The molecule has 0 atom stereocenters. The van der Waals surface area contributed by atoms with Gasteiger partial charge in [-0.1, -0.05) is 0 Å². The first-order chi connectivity index (χ1) is 10.1. The van der Waals surface area contributed by atoms with Gasteiger partial charge in [-0.15, -0.1) is 5.10 Å². The van der Waals surface area contributed by atoms with Crippen LogP contribution in [0.15, 0.2) is 18.2 Å². The quantitative estimate of drug-likeness (QED) is 0.861. The van der Waals surface area contributed by atoms with E-state index in [1.54, 1.807) is 7.11 Å². The van der Waals surface area contributed by atoms with Gasteiger partial charge in [-0.05, 0) is 48.4 Å². The van der Waals surface area contributed by atoms with E-state index in [9.17, 15) is 0 Å². The Balaban J connectivity index is 2.00. The summed E-state index contributed by atoms with van der Waals surface area (Å²) in [6, 6.07) is 5.58. The smallest absolute Gasteiger partial charge is 0.182 e. The van der Waals surface area contributed by atoms with Crippen LogP contribution in [-0.4, -0.2) is 40.5 Å². The Morgan fingerprint density at radius 1 is 1.33 bits per heavy atom. The predicted molar refractivity (Wildman–Crippen MR) is 77.9 cm³/mol. The minimum Gasteiger partial charge on any atom is -0.495 e. The molecule has 3 rings (SSSR count). The fourth-order valence-corrected chi connectivity index (χ4v) is 2.63. The minimum atomic E-state index is -0.133. The summed E-state index contributed by atoms with van der Waals surface area (Å²) in [5.41, 5.74) is 7.30. The molecule has 112 valence electrons. The van der Waals surface area contributed by atoms with Crippen LogP contribution < -0.4 is 10.5 Å². The molecule has 21 heavy (non-hydrogen) atoms. The zero-order valence-corrected chi connectivity index (χ0v) is 12.2. The van der Waals surface area contributed by atoms with Gasteiger partial charge in [0.05, 0.1) is 18.3 Å². The summed E-state index contributed by atoms with van der Waals surface area (Å²) in [5.74, 6) is 1.36. The van der Waals surface area contributed by atoms with Gasteiger partial charge < -0.3 is 15.2 Å². The van der Waals surface area contributed by atoms with Gasteiger partial charge >= 0.3 is 0 Å². The molecule has 0 amide bonds. The van der Waals surface area contributed by atoms with Crippen molar-refractivity contribution in [2.24, 2.45) is 0 Å². The van der Waals surface area contributed by atoms with Crippen LogP contribution in [0.5, 0.6) is 5.75 Å². The molecule has 0 aliphatic carbocycles. The fourth-order valence-electron chi connectivity index (χ4n) is 2.63. The second-order valence-electron chi connectivity index (χ2n) is 5.48. The van der Waals surface area contributed by atoms with Gasteiger partial charge in [0.2, 0.25) is 0 Å². The Hall–Kier alpha value is -2.15. The normalized spacial score (nSPS) is 17.6. The van der Waals surface area contributed by atoms with E-state index in [1.165, 1.54) is 0 Å². The monoisotopic (exact) mass is 289 g/mol. The number of benzene rings is 1. The van der Waals surface area contributed by atoms with Crippen LogP contribution in [0, 0.1) is 0 Å². The molecule has 1 aliphatic heterocycles. The molecule has 0 saturated carbocycles. The maximum Gasteiger partial charge on any atom is 0.182 e. The fraction of sp³-hybridized carbons (Fsp3) is 0.500. The third-order valence-electron chi connectivity index (χ3n) is 4.04. The minimum absolute atomic E-state index is 0.133. The molecule has 2 heterocycles. The third kappa shape index (κ3) is 2.44. The van der Waals surface area contributed by atoms with Crippen molar-refractivity contribution in [3.8, 4) is 17.1 Å². The number of anilines is 1. The van der Waals surface area contributed by atoms with Gasteiger partial charge in [0.25, 0.3) is 0 Å². The average Bonchev–Trinajstić information content (AvgIpc) is 2.98. The second-order valence-corrected chi connectivity index (χ2v) is 5.48. The lowest BCUT2D eigenvalue weighted by Crippen LogP contribution is -2.38. The molecule has 1 fully saturated rings. The van der Waals surface area contributed by atoms with Crippen LogP contribution in [0.4, 0.5) is 5.69 Å². The molecular weight excluding hydrogens is 270 g/mol. The Bertz CT molecular complexity index is 634. The lowest BCUT2D eigenvalue weighted by atomic mass is 9.92. The van der Waals surface area contributed by atoms with Crippen LogP contribution >= 0.6 is 0 Å².